The van der Waals surface area contributed by atoms with Gasteiger partial charge in [0.25, 0.3) is 0 Å². The molecule has 0 aliphatic heterocycles. The quantitative estimate of drug-likeness (QED) is 0.106. The smallest absolute Gasteiger partial charge is 0.0622 e. The second-order valence-electron chi connectivity index (χ2n) is 17.1. The molecule has 0 atom stereocenters. The standard InChI is InChI=1S/C65H44/c1-3-15-47(16-4-1)48-33-29-45(30-34-48)27-28-46-31-35-51(36-32-46)63-57-21-7-9-23-59(57)64(60-24-10-8-22-58(60)63)52-39-37-49(38-40-52)50-41-43-54(44-42-50)65(53-17-5-2-6-18-53)61-25-13-11-19-55(61)56-20-12-14-26-62(56)65/h1-44H/b28-27+. The van der Waals surface area contributed by atoms with Crippen LogP contribution in [0.2, 0.25) is 0 Å². The maximum Gasteiger partial charge on any atom is 0.0713 e. The maximum absolute atomic E-state index is 2.35. The second-order valence-corrected chi connectivity index (χ2v) is 17.1. The van der Waals surface area contributed by atoms with Crippen molar-refractivity contribution in [3.05, 3.63) is 288 Å². The molecule has 0 saturated heterocycles. The van der Waals surface area contributed by atoms with Crippen molar-refractivity contribution in [1.82, 2.24) is 0 Å². The lowest BCUT2D eigenvalue weighted by Crippen LogP contribution is -2.28. The molecular formula is C65H44. The molecule has 1 aliphatic rings. The van der Waals surface area contributed by atoms with E-state index < -0.39 is 5.41 Å². The van der Waals surface area contributed by atoms with E-state index in [4.69, 9.17) is 0 Å². The molecule has 0 heterocycles. The molecule has 0 unspecified atom stereocenters. The van der Waals surface area contributed by atoms with Crippen LogP contribution in [0.5, 0.6) is 0 Å². The van der Waals surface area contributed by atoms with E-state index >= 15 is 0 Å². The van der Waals surface area contributed by atoms with E-state index in [1.807, 2.05) is 0 Å². The summed E-state index contributed by atoms with van der Waals surface area (Å²) in [6.45, 7) is 0. The van der Waals surface area contributed by atoms with E-state index in [1.165, 1.54) is 111 Å². The van der Waals surface area contributed by atoms with Crippen LogP contribution in [-0.2, 0) is 5.41 Å². The van der Waals surface area contributed by atoms with Crippen LogP contribution >= 0.6 is 0 Å². The van der Waals surface area contributed by atoms with Gasteiger partial charge in [-0.15, -0.1) is 0 Å². The van der Waals surface area contributed by atoms with Gasteiger partial charge < -0.3 is 0 Å². The normalized spacial score (nSPS) is 12.7. The van der Waals surface area contributed by atoms with E-state index in [0.29, 0.717) is 0 Å². The molecule has 0 bridgehead atoms. The van der Waals surface area contributed by atoms with E-state index in [1.54, 1.807) is 0 Å². The van der Waals surface area contributed by atoms with Crippen molar-refractivity contribution in [2.75, 3.05) is 0 Å². The fourth-order valence-electron chi connectivity index (χ4n) is 10.6. The number of hydrogen-bond acceptors (Lipinski definition) is 0. The summed E-state index contributed by atoms with van der Waals surface area (Å²) >= 11 is 0. The topological polar surface area (TPSA) is 0 Å². The lowest BCUT2D eigenvalue weighted by Gasteiger charge is -2.34. The minimum Gasteiger partial charge on any atom is -0.0622 e. The van der Waals surface area contributed by atoms with Crippen LogP contribution in [0.15, 0.2) is 255 Å². The van der Waals surface area contributed by atoms with Crippen molar-refractivity contribution in [2.24, 2.45) is 0 Å². The lowest BCUT2D eigenvalue weighted by molar-refractivity contribution is 0.768. The minimum absolute atomic E-state index is 0.402. The van der Waals surface area contributed by atoms with Crippen LogP contribution in [0.1, 0.15) is 33.4 Å². The van der Waals surface area contributed by atoms with Crippen molar-refractivity contribution in [3.63, 3.8) is 0 Å². The second kappa shape index (κ2) is 16.1. The number of hydrogen-bond donors (Lipinski definition) is 0. The lowest BCUT2D eigenvalue weighted by atomic mass is 9.67. The first kappa shape index (κ1) is 38.4. The Morgan fingerprint density at radius 1 is 0.231 bits per heavy atom. The van der Waals surface area contributed by atoms with Gasteiger partial charge in [0, 0.05) is 0 Å². The molecule has 11 aromatic carbocycles. The van der Waals surface area contributed by atoms with Gasteiger partial charge in [0.2, 0.25) is 0 Å². The molecule has 12 rings (SSSR count). The van der Waals surface area contributed by atoms with Gasteiger partial charge in [-0.25, -0.2) is 0 Å². The van der Waals surface area contributed by atoms with Gasteiger partial charge >= 0.3 is 0 Å². The summed E-state index contributed by atoms with van der Waals surface area (Å²) in [6.07, 6.45) is 4.40. The van der Waals surface area contributed by atoms with E-state index in [9.17, 15) is 0 Å². The van der Waals surface area contributed by atoms with Crippen LogP contribution < -0.4 is 0 Å². The monoisotopic (exact) mass is 824 g/mol. The molecule has 0 nitrogen and oxygen atoms in total. The summed E-state index contributed by atoms with van der Waals surface area (Å²) in [4.78, 5) is 0. The van der Waals surface area contributed by atoms with Crippen LogP contribution in [0, 0.1) is 0 Å². The molecule has 304 valence electrons. The van der Waals surface area contributed by atoms with Crippen molar-refractivity contribution in [3.8, 4) is 55.6 Å². The molecule has 1 aliphatic carbocycles. The zero-order valence-electron chi connectivity index (χ0n) is 35.9. The Kier molecular flexibility index (Phi) is 9.50. The summed E-state index contributed by atoms with van der Waals surface area (Å²) in [5.41, 5.74) is 19.6. The maximum atomic E-state index is 2.35. The largest absolute Gasteiger partial charge is 0.0713 e. The molecule has 0 amide bonds. The summed E-state index contributed by atoms with van der Waals surface area (Å²) < 4.78 is 0. The Hall–Kier alpha value is -8.32. The molecule has 0 N–H and O–H groups in total. The Bertz CT molecular complexity index is 3420. The zero-order valence-corrected chi connectivity index (χ0v) is 35.9. The van der Waals surface area contributed by atoms with E-state index in [-0.39, 0.29) is 0 Å². The van der Waals surface area contributed by atoms with Crippen LogP contribution in [0.4, 0.5) is 0 Å². The van der Waals surface area contributed by atoms with Gasteiger partial charge in [-0.3, -0.25) is 0 Å². The highest BCUT2D eigenvalue weighted by Gasteiger charge is 2.45. The first-order chi connectivity index (χ1) is 32.2. The molecule has 0 saturated carbocycles. The fourth-order valence-corrected chi connectivity index (χ4v) is 10.6. The highest BCUT2D eigenvalue weighted by molar-refractivity contribution is 6.21. The third-order valence-electron chi connectivity index (χ3n) is 13.6. The van der Waals surface area contributed by atoms with Gasteiger partial charge in [-0.2, -0.15) is 0 Å². The Labute approximate surface area is 381 Å². The molecule has 0 aromatic heterocycles. The first-order valence-electron chi connectivity index (χ1n) is 22.6. The summed E-state index contributed by atoms with van der Waals surface area (Å²) in [5.74, 6) is 0. The fraction of sp³-hybridized carbons (Fsp3) is 0.0154. The van der Waals surface area contributed by atoms with Crippen LogP contribution in [0.25, 0.3) is 89.3 Å². The number of fused-ring (bicyclic) bond motifs is 5. The van der Waals surface area contributed by atoms with E-state index in [0.717, 1.165) is 0 Å². The van der Waals surface area contributed by atoms with Gasteiger partial charge in [0.15, 0.2) is 0 Å². The van der Waals surface area contributed by atoms with Crippen molar-refractivity contribution in [1.29, 1.82) is 0 Å². The SMILES string of the molecule is C(=C\c1ccc(-c2c3ccccc3c(-c3ccc(-c4ccc(C5(c6ccccc6)c6ccccc6-c6ccccc65)cc4)cc3)c3ccccc23)cc1)/c1ccc(-c2ccccc2)cc1. The van der Waals surface area contributed by atoms with Gasteiger partial charge in [-0.1, -0.05) is 267 Å². The number of benzene rings is 11. The predicted molar refractivity (Wildman–Crippen MR) is 276 cm³/mol. The van der Waals surface area contributed by atoms with Crippen LogP contribution in [-0.4, -0.2) is 0 Å². The Balaban J connectivity index is 0.873. The average molecular weight is 825 g/mol. The molecule has 0 spiro atoms. The molecule has 11 aromatic rings. The summed E-state index contributed by atoms with van der Waals surface area (Å²) in [5, 5.41) is 5.02. The highest BCUT2D eigenvalue weighted by atomic mass is 14.5. The highest BCUT2D eigenvalue weighted by Crippen LogP contribution is 2.56. The van der Waals surface area contributed by atoms with Gasteiger partial charge in [0.05, 0.1) is 5.41 Å². The van der Waals surface area contributed by atoms with Crippen molar-refractivity contribution < 1.29 is 0 Å². The number of rotatable bonds is 8. The van der Waals surface area contributed by atoms with E-state index in [2.05, 4.69) is 267 Å². The van der Waals surface area contributed by atoms with Crippen molar-refractivity contribution >= 4 is 33.7 Å². The summed E-state index contributed by atoms with van der Waals surface area (Å²) in [6, 6.07) is 93.6. The molecule has 0 heteroatoms. The Morgan fingerprint density at radius 3 is 1.00 bits per heavy atom. The zero-order chi connectivity index (χ0) is 43.2. The summed E-state index contributed by atoms with van der Waals surface area (Å²) in [7, 11) is 0. The Morgan fingerprint density at radius 2 is 0.538 bits per heavy atom. The first-order valence-corrected chi connectivity index (χ1v) is 22.6. The van der Waals surface area contributed by atoms with Gasteiger partial charge in [-0.05, 0) is 111 Å². The minimum atomic E-state index is -0.402. The van der Waals surface area contributed by atoms with Gasteiger partial charge in [0.1, 0.15) is 0 Å². The third-order valence-corrected chi connectivity index (χ3v) is 13.6. The molecule has 0 fully saturated rings. The third kappa shape index (κ3) is 6.54. The molecule has 0 radical (unpaired) electrons. The average Bonchev–Trinajstić information content (AvgIpc) is 3.69. The van der Waals surface area contributed by atoms with Crippen LogP contribution in [0.3, 0.4) is 0 Å². The molecular weight excluding hydrogens is 781 g/mol. The van der Waals surface area contributed by atoms with Crippen molar-refractivity contribution in [2.45, 2.75) is 5.41 Å². The predicted octanol–water partition coefficient (Wildman–Crippen LogP) is 17.2. The molecule has 65 heavy (non-hydrogen) atoms.